The number of benzene rings is 2. The van der Waals surface area contributed by atoms with Crippen molar-refractivity contribution in [2.24, 2.45) is 5.92 Å². The van der Waals surface area contributed by atoms with Crippen molar-refractivity contribution >= 4 is 32.6 Å². The third kappa shape index (κ3) is 3.21. The first-order chi connectivity index (χ1) is 12.1. The van der Waals surface area contributed by atoms with E-state index in [0.29, 0.717) is 11.0 Å². The predicted molar refractivity (Wildman–Crippen MR) is 99.5 cm³/mol. The zero-order valence-corrected chi connectivity index (χ0v) is 14.2. The summed E-state index contributed by atoms with van der Waals surface area (Å²) in [6.07, 6.45) is 0.734. The fourth-order valence-electron chi connectivity index (χ4n) is 2.96. The maximum absolute atomic E-state index is 12.4. The van der Waals surface area contributed by atoms with E-state index in [1.165, 1.54) is 11.3 Å². The van der Waals surface area contributed by atoms with Gasteiger partial charge in [-0.05, 0) is 36.1 Å². The Morgan fingerprint density at radius 2 is 1.96 bits per heavy atom. The Balaban J connectivity index is 1.37. The molecule has 0 unspecified atom stereocenters. The molecule has 2 aromatic carbocycles. The highest BCUT2D eigenvalue weighted by atomic mass is 32.1. The molecule has 0 radical (unpaired) electrons. The molecule has 4 rings (SSSR count). The minimum atomic E-state index is -0.137. The van der Waals surface area contributed by atoms with Crippen LogP contribution in [0.2, 0.25) is 0 Å². The van der Waals surface area contributed by atoms with Gasteiger partial charge in [-0.25, -0.2) is 4.98 Å². The number of aromatic hydroxyl groups is 1. The van der Waals surface area contributed by atoms with Crippen LogP contribution in [0.4, 0.5) is 5.13 Å². The molecule has 0 aliphatic heterocycles. The van der Waals surface area contributed by atoms with Gasteiger partial charge >= 0.3 is 0 Å². The van der Waals surface area contributed by atoms with Crippen LogP contribution in [-0.4, -0.2) is 16.0 Å². The van der Waals surface area contributed by atoms with Gasteiger partial charge in [0.25, 0.3) is 0 Å². The van der Waals surface area contributed by atoms with Crippen molar-refractivity contribution in [2.75, 3.05) is 5.32 Å². The van der Waals surface area contributed by atoms with Crippen LogP contribution >= 0.6 is 11.3 Å². The monoisotopic (exact) mass is 351 g/mol. The van der Waals surface area contributed by atoms with Gasteiger partial charge < -0.3 is 15.7 Å². The first kappa shape index (κ1) is 15.7. The van der Waals surface area contributed by atoms with Crippen LogP contribution in [0.25, 0.3) is 10.2 Å². The van der Waals surface area contributed by atoms with Gasteiger partial charge in [0.2, 0.25) is 5.91 Å². The number of rotatable bonds is 5. The number of carbonyl (C=O) groups excluding carboxylic acids is 1. The van der Waals surface area contributed by atoms with E-state index in [1.807, 2.05) is 36.4 Å². The maximum atomic E-state index is 12.4. The van der Waals surface area contributed by atoms with Crippen LogP contribution in [0.5, 0.6) is 5.75 Å². The Morgan fingerprint density at radius 3 is 2.76 bits per heavy atom. The van der Waals surface area contributed by atoms with Crippen molar-refractivity contribution < 1.29 is 9.90 Å². The van der Waals surface area contributed by atoms with Crippen LogP contribution in [-0.2, 0) is 4.79 Å². The number of thiazole rings is 1. The zero-order chi connectivity index (χ0) is 17.4. The molecule has 5 nitrogen and oxygen atoms in total. The predicted octanol–water partition coefficient (Wildman–Crippen LogP) is 3.80. The van der Waals surface area contributed by atoms with E-state index < -0.39 is 0 Å². The summed E-state index contributed by atoms with van der Waals surface area (Å²) in [5.74, 6) is 0.492. The molecule has 3 aromatic rings. The number of phenolic OH excluding ortho intramolecular Hbond substituents is 1. The first-order valence-corrected chi connectivity index (χ1v) is 8.84. The SMILES string of the molecule is C=C(NC(=O)[C@H]1C[C@@H]1c1ccccc1O)Nc1nc2ccccc2s1. The highest BCUT2D eigenvalue weighted by molar-refractivity contribution is 7.22. The highest BCUT2D eigenvalue weighted by Crippen LogP contribution is 2.50. The molecule has 0 saturated heterocycles. The summed E-state index contributed by atoms with van der Waals surface area (Å²) in [6, 6.07) is 15.0. The summed E-state index contributed by atoms with van der Waals surface area (Å²) in [5, 5.41) is 16.4. The third-order valence-electron chi connectivity index (χ3n) is 4.29. The van der Waals surface area contributed by atoms with Gasteiger partial charge in [0.05, 0.1) is 10.2 Å². The molecule has 3 N–H and O–H groups in total. The van der Waals surface area contributed by atoms with Gasteiger partial charge in [0.1, 0.15) is 11.6 Å². The summed E-state index contributed by atoms with van der Waals surface area (Å²) in [4.78, 5) is 16.8. The molecule has 2 atom stereocenters. The molecule has 0 spiro atoms. The lowest BCUT2D eigenvalue weighted by molar-refractivity contribution is -0.121. The zero-order valence-electron chi connectivity index (χ0n) is 13.4. The number of hydrogen-bond donors (Lipinski definition) is 3. The van der Waals surface area contributed by atoms with Crippen LogP contribution in [0.15, 0.2) is 60.9 Å². The molecule has 1 aliphatic rings. The van der Waals surface area contributed by atoms with Crippen LogP contribution in [0.3, 0.4) is 0 Å². The van der Waals surface area contributed by atoms with E-state index in [4.69, 9.17) is 0 Å². The number of amides is 1. The van der Waals surface area contributed by atoms with E-state index in [0.717, 1.165) is 22.2 Å². The van der Waals surface area contributed by atoms with Gasteiger partial charge in [0, 0.05) is 5.92 Å². The van der Waals surface area contributed by atoms with Crippen LogP contribution in [0.1, 0.15) is 17.9 Å². The van der Waals surface area contributed by atoms with Crippen molar-refractivity contribution in [2.45, 2.75) is 12.3 Å². The molecule has 6 heteroatoms. The Bertz CT molecular complexity index is 933. The molecule has 1 aliphatic carbocycles. The molecular weight excluding hydrogens is 334 g/mol. The van der Waals surface area contributed by atoms with E-state index in [9.17, 15) is 9.90 Å². The molecular formula is C19H17N3O2S. The Morgan fingerprint density at radius 1 is 1.20 bits per heavy atom. The Kier molecular flexibility index (Phi) is 3.89. The number of hydrogen-bond acceptors (Lipinski definition) is 5. The Hall–Kier alpha value is -2.86. The van der Waals surface area contributed by atoms with Gasteiger partial charge in [-0.2, -0.15) is 0 Å². The standard InChI is InChI=1S/C19H17N3O2S/c1-11(21-19-22-15-7-3-5-9-17(15)25-19)20-18(24)14-10-13(14)12-6-2-4-8-16(12)23/h2-9,13-14,23H,1,10H2,(H,20,24)(H,21,22)/t13-,14+/m1/s1. The summed E-state index contributed by atoms with van der Waals surface area (Å²) < 4.78 is 1.07. The van der Waals surface area contributed by atoms with Gasteiger partial charge in [-0.1, -0.05) is 48.2 Å². The molecule has 1 fully saturated rings. The number of carbonyl (C=O) groups is 1. The minimum absolute atomic E-state index is 0.0662. The maximum Gasteiger partial charge on any atom is 0.229 e. The van der Waals surface area contributed by atoms with Crippen molar-refractivity contribution in [1.82, 2.24) is 10.3 Å². The van der Waals surface area contributed by atoms with Crippen molar-refractivity contribution in [3.63, 3.8) is 0 Å². The summed E-state index contributed by atoms with van der Waals surface area (Å²) >= 11 is 1.51. The smallest absolute Gasteiger partial charge is 0.229 e. The third-order valence-corrected chi connectivity index (χ3v) is 5.24. The fraction of sp³-hybridized carbons (Fsp3) is 0.158. The molecule has 1 saturated carbocycles. The van der Waals surface area contributed by atoms with E-state index in [-0.39, 0.29) is 23.5 Å². The lowest BCUT2D eigenvalue weighted by atomic mass is 10.1. The normalized spacial score (nSPS) is 18.7. The average molecular weight is 351 g/mol. The molecule has 25 heavy (non-hydrogen) atoms. The molecule has 1 aromatic heterocycles. The lowest BCUT2D eigenvalue weighted by Gasteiger charge is -2.09. The number of nitrogens with one attached hydrogen (secondary N) is 2. The molecule has 1 amide bonds. The topological polar surface area (TPSA) is 74.2 Å². The van der Waals surface area contributed by atoms with E-state index in [2.05, 4.69) is 22.2 Å². The van der Waals surface area contributed by atoms with Crippen molar-refractivity contribution in [3.05, 3.63) is 66.5 Å². The second-order valence-corrected chi connectivity index (χ2v) is 7.12. The summed E-state index contributed by atoms with van der Waals surface area (Å²) in [5.41, 5.74) is 1.74. The fourth-order valence-corrected chi connectivity index (χ4v) is 3.85. The van der Waals surface area contributed by atoms with Gasteiger partial charge in [-0.15, -0.1) is 0 Å². The minimum Gasteiger partial charge on any atom is -0.508 e. The lowest BCUT2D eigenvalue weighted by Crippen LogP contribution is -2.27. The number of anilines is 1. The molecule has 0 bridgehead atoms. The first-order valence-electron chi connectivity index (χ1n) is 8.02. The second-order valence-electron chi connectivity index (χ2n) is 6.09. The van der Waals surface area contributed by atoms with Gasteiger partial charge in [-0.3, -0.25) is 4.79 Å². The number of nitrogens with zero attached hydrogens (tertiary/aromatic N) is 1. The van der Waals surface area contributed by atoms with E-state index in [1.54, 1.807) is 12.1 Å². The Labute approximate surface area is 149 Å². The van der Waals surface area contributed by atoms with Gasteiger partial charge in [0.15, 0.2) is 5.13 Å². The highest BCUT2D eigenvalue weighted by Gasteiger charge is 2.45. The number of fused-ring (bicyclic) bond motifs is 1. The summed E-state index contributed by atoms with van der Waals surface area (Å²) in [6.45, 7) is 3.86. The number of aromatic nitrogens is 1. The van der Waals surface area contributed by atoms with Crippen LogP contribution < -0.4 is 10.6 Å². The number of phenols is 1. The average Bonchev–Trinajstić information content (AvgIpc) is 3.28. The van der Waals surface area contributed by atoms with Crippen molar-refractivity contribution in [3.8, 4) is 5.75 Å². The number of para-hydroxylation sites is 2. The van der Waals surface area contributed by atoms with E-state index >= 15 is 0 Å². The second kappa shape index (κ2) is 6.22. The quantitative estimate of drug-likeness (QED) is 0.653. The molecule has 1 heterocycles. The largest absolute Gasteiger partial charge is 0.508 e. The summed E-state index contributed by atoms with van der Waals surface area (Å²) in [7, 11) is 0. The van der Waals surface area contributed by atoms with Crippen LogP contribution in [0, 0.1) is 5.92 Å². The van der Waals surface area contributed by atoms with Crippen molar-refractivity contribution in [1.29, 1.82) is 0 Å². The molecule has 126 valence electrons.